The van der Waals surface area contributed by atoms with Crippen LogP contribution in [-0.4, -0.2) is 33.4 Å². The first-order valence-corrected chi connectivity index (χ1v) is 11.9. The van der Waals surface area contributed by atoms with Crippen molar-refractivity contribution in [3.63, 3.8) is 0 Å². The second-order valence-corrected chi connectivity index (χ2v) is 10.7. The highest BCUT2D eigenvalue weighted by Gasteiger charge is 2.43. The van der Waals surface area contributed by atoms with E-state index in [4.69, 9.17) is 9.97 Å². The largest absolute Gasteiger partial charge is 0.351 e. The number of hydrogen-bond donors (Lipinski definition) is 0. The lowest BCUT2D eigenvalue weighted by atomic mass is 10.1. The van der Waals surface area contributed by atoms with Gasteiger partial charge in [0.05, 0.1) is 35.0 Å². The lowest BCUT2D eigenvalue weighted by Gasteiger charge is -2.28. The van der Waals surface area contributed by atoms with Gasteiger partial charge in [-0.1, -0.05) is 19.8 Å². The Morgan fingerprint density at radius 1 is 1.14 bits per heavy atom. The predicted molar refractivity (Wildman–Crippen MR) is 115 cm³/mol. The molecule has 0 bridgehead atoms. The molecule has 2 aliphatic carbocycles. The van der Waals surface area contributed by atoms with Crippen LogP contribution in [0, 0.1) is 6.92 Å². The van der Waals surface area contributed by atoms with Crippen molar-refractivity contribution in [3.05, 3.63) is 38.5 Å². The molecule has 0 N–H and O–H groups in total. The highest BCUT2D eigenvalue weighted by molar-refractivity contribution is 7.12. The van der Waals surface area contributed by atoms with Crippen LogP contribution in [0.4, 0.5) is 5.82 Å². The van der Waals surface area contributed by atoms with Gasteiger partial charge < -0.3 is 9.80 Å². The maximum absolute atomic E-state index is 13.0. The van der Waals surface area contributed by atoms with Crippen LogP contribution >= 0.6 is 11.3 Å². The lowest BCUT2D eigenvalue weighted by molar-refractivity contribution is 0.0706. The summed E-state index contributed by atoms with van der Waals surface area (Å²) in [5.74, 6) is 1.25. The fourth-order valence-corrected chi connectivity index (χ4v) is 6.53. The number of carbonyl (C=O) groups is 1. The minimum Gasteiger partial charge on any atom is -0.351 e. The van der Waals surface area contributed by atoms with E-state index in [1.165, 1.54) is 41.3 Å². The summed E-state index contributed by atoms with van der Waals surface area (Å²) in [6.07, 6.45) is 8.33. The van der Waals surface area contributed by atoms with Gasteiger partial charge in [0.2, 0.25) is 0 Å². The summed E-state index contributed by atoms with van der Waals surface area (Å²) >= 11 is 1.91. The van der Waals surface area contributed by atoms with Gasteiger partial charge >= 0.3 is 0 Å². The number of fused-ring (bicyclic) bond motifs is 2. The van der Waals surface area contributed by atoms with Gasteiger partial charge in [0.15, 0.2) is 0 Å². The van der Waals surface area contributed by atoms with E-state index in [0.29, 0.717) is 18.0 Å². The third kappa shape index (κ3) is 2.82. The molecule has 2 fully saturated rings. The normalized spacial score (nSPS) is 22.9. The van der Waals surface area contributed by atoms with E-state index < -0.39 is 0 Å². The van der Waals surface area contributed by atoms with Crippen LogP contribution in [0.5, 0.6) is 0 Å². The molecule has 0 atom stereocenters. The van der Waals surface area contributed by atoms with E-state index in [9.17, 15) is 4.79 Å². The molecule has 6 heteroatoms. The number of nitrogens with zero attached hydrogens (tertiary/aromatic N) is 4. The quantitative estimate of drug-likeness (QED) is 0.757. The molecule has 0 unspecified atom stereocenters. The number of anilines is 1. The zero-order valence-corrected chi connectivity index (χ0v) is 18.1. The Bertz CT molecular complexity index is 1000. The van der Waals surface area contributed by atoms with Crippen LogP contribution in [0.15, 0.2) is 6.07 Å². The van der Waals surface area contributed by atoms with Crippen molar-refractivity contribution in [2.45, 2.75) is 83.3 Å². The van der Waals surface area contributed by atoms with Gasteiger partial charge in [-0.25, -0.2) is 9.97 Å². The average Bonchev–Trinajstić information content (AvgIpc) is 3.11. The topological polar surface area (TPSA) is 49.3 Å². The number of rotatable bonds is 3. The van der Waals surface area contributed by atoms with Crippen molar-refractivity contribution in [2.24, 2.45) is 0 Å². The Labute approximate surface area is 176 Å². The van der Waals surface area contributed by atoms with Crippen LogP contribution in [-0.2, 0) is 24.9 Å². The van der Waals surface area contributed by atoms with Crippen molar-refractivity contribution in [3.8, 4) is 0 Å². The summed E-state index contributed by atoms with van der Waals surface area (Å²) in [4.78, 5) is 28.9. The molecule has 0 saturated heterocycles. The van der Waals surface area contributed by atoms with Crippen molar-refractivity contribution in [1.82, 2.24) is 14.9 Å². The molecule has 0 radical (unpaired) electrons. The Morgan fingerprint density at radius 2 is 1.93 bits per heavy atom. The predicted octanol–water partition coefficient (Wildman–Crippen LogP) is 4.36. The smallest absolute Gasteiger partial charge is 0.256 e. The van der Waals surface area contributed by atoms with Gasteiger partial charge in [-0.15, -0.1) is 11.3 Å². The summed E-state index contributed by atoms with van der Waals surface area (Å²) in [7, 11) is 0. The van der Waals surface area contributed by atoms with E-state index in [-0.39, 0.29) is 5.91 Å². The molecule has 5 nitrogen and oxygen atoms in total. The molecule has 1 amide bonds. The average molecular weight is 409 g/mol. The lowest BCUT2D eigenvalue weighted by Crippen LogP contribution is -2.33. The van der Waals surface area contributed by atoms with Crippen LogP contribution < -0.4 is 4.90 Å². The van der Waals surface area contributed by atoms with Crippen LogP contribution in [0.25, 0.3) is 0 Å². The molecule has 4 heterocycles. The van der Waals surface area contributed by atoms with Crippen molar-refractivity contribution >= 4 is 23.1 Å². The van der Waals surface area contributed by atoms with Crippen LogP contribution in [0.2, 0.25) is 0 Å². The van der Waals surface area contributed by atoms with E-state index in [1.807, 2.05) is 11.3 Å². The minimum absolute atomic E-state index is 0.194. The number of thiazole rings is 1. The third-order valence-electron chi connectivity index (χ3n) is 7.39. The van der Waals surface area contributed by atoms with Crippen molar-refractivity contribution in [2.75, 3.05) is 11.4 Å². The molecule has 29 heavy (non-hydrogen) atoms. The maximum atomic E-state index is 13.0. The summed E-state index contributed by atoms with van der Waals surface area (Å²) in [6.45, 7) is 6.99. The fraction of sp³-hybridized carbons (Fsp3) is 0.609. The number of hydrogen-bond acceptors (Lipinski definition) is 5. The third-order valence-corrected chi connectivity index (χ3v) is 8.78. The first kappa shape index (κ1) is 17.9. The van der Waals surface area contributed by atoms with Gasteiger partial charge in [-0.05, 0) is 44.2 Å². The monoisotopic (exact) mass is 408 g/mol. The maximum Gasteiger partial charge on any atom is 0.256 e. The summed E-state index contributed by atoms with van der Waals surface area (Å²) in [5, 5.41) is 1.33. The molecule has 152 valence electrons. The molecule has 2 saturated carbocycles. The van der Waals surface area contributed by atoms with Gasteiger partial charge in [0.25, 0.3) is 5.91 Å². The fourth-order valence-electron chi connectivity index (χ4n) is 5.20. The zero-order valence-electron chi connectivity index (χ0n) is 17.3. The van der Waals surface area contributed by atoms with Crippen LogP contribution in [0.1, 0.15) is 82.6 Å². The van der Waals surface area contributed by atoms with Gasteiger partial charge in [-0.2, -0.15) is 0 Å². The second-order valence-electron chi connectivity index (χ2n) is 9.62. The Balaban J connectivity index is 1.27. The highest BCUT2D eigenvalue weighted by atomic mass is 32.1. The number of carbonyl (C=O) groups excluding carboxylic acids is 1. The SMILES string of the molecule is Cc1cc2c(nc1N1CCc3nc(C4(C)CC4)sc3C1)CN(C1CCCC1)C2=O. The van der Waals surface area contributed by atoms with E-state index in [2.05, 4.69) is 29.7 Å². The molecule has 6 rings (SSSR count). The molecule has 0 aromatic carbocycles. The standard InChI is InChI=1S/C23H28N4OS/c1-14-11-16-18(12-27(21(16)28)15-5-3-4-6-15)24-20(14)26-10-7-17-19(13-26)29-22(25-17)23(2)8-9-23/h11,15H,3-10,12-13H2,1-2H3. The molecule has 2 aromatic heterocycles. The van der Waals surface area contributed by atoms with E-state index in [0.717, 1.165) is 55.0 Å². The summed E-state index contributed by atoms with van der Waals surface area (Å²) in [6, 6.07) is 2.51. The van der Waals surface area contributed by atoms with Crippen LogP contribution in [0.3, 0.4) is 0 Å². The minimum atomic E-state index is 0.194. The van der Waals surface area contributed by atoms with E-state index in [1.54, 1.807) is 0 Å². The molecule has 0 spiro atoms. The Hall–Kier alpha value is -1.95. The molecule has 4 aliphatic rings. The summed E-state index contributed by atoms with van der Waals surface area (Å²) in [5.41, 5.74) is 4.57. The number of amides is 1. The Morgan fingerprint density at radius 3 is 2.69 bits per heavy atom. The zero-order chi connectivity index (χ0) is 19.8. The highest BCUT2D eigenvalue weighted by Crippen LogP contribution is 2.50. The van der Waals surface area contributed by atoms with E-state index >= 15 is 0 Å². The second kappa shape index (κ2) is 6.27. The van der Waals surface area contributed by atoms with Gasteiger partial charge in [0.1, 0.15) is 5.82 Å². The first-order valence-electron chi connectivity index (χ1n) is 11.1. The van der Waals surface area contributed by atoms with Crippen molar-refractivity contribution < 1.29 is 4.79 Å². The number of aromatic nitrogens is 2. The molecular formula is C23H28N4OS. The van der Waals surface area contributed by atoms with Gasteiger partial charge in [0, 0.05) is 29.3 Å². The first-order chi connectivity index (χ1) is 14.0. The number of pyridine rings is 1. The number of aryl methyl sites for hydroxylation is 1. The van der Waals surface area contributed by atoms with Gasteiger partial charge in [-0.3, -0.25) is 4.79 Å². The van der Waals surface area contributed by atoms with Crippen molar-refractivity contribution in [1.29, 1.82) is 0 Å². The summed E-state index contributed by atoms with van der Waals surface area (Å²) < 4.78 is 0. The Kier molecular flexibility index (Phi) is 3.87. The molecular weight excluding hydrogens is 380 g/mol. The molecule has 2 aromatic rings. The molecule has 2 aliphatic heterocycles.